The van der Waals surface area contributed by atoms with Crippen molar-refractivity contribution in [3.05, 3.63) is 79.1 Å². The molecular weight excluding hydrogens is 390 g/mol. The average molecular weight is 402 g/mol. The zero-order chi connectivity index (χ0) is 17.2. The Morgan fingerprint density at radius 1 is 1.26 bits per heavy atom. The van der Waals surface area contributed by atoms with Gasteiger partial charge in [0.2, 0.25) is 0 Å². The SMILES string of the molecule is C[C@](N=[N+]=[N-])(c1ccc(Br)cc1F)[C@H](N)c1ccc(Cl)c(F)c1. The summed E-state index contributed by atoms with van der Waals surface area (Å²) in [6.45, 7) is 1.50. The van der Waals surface area contributed by atoms with Crippen molar-refractivity contribution < 1.29 is 8.78 Å². The third-order valence-electron chi connectivity index (χ3n) is 3.64. The Morgan fingerprint density at radius 2 is 1.96 bits per heavy atom. The summed E-state index contributed by atoms with van der Waals surface area (Å²) in [7, 11) is 0. The molecule has 0 bridgehead atoms. The van der Waals surface area contributed by atoms with Gasteiger partial charge in [-0.2, -0.15) is 0 Å². The summed E-state index contributed by atoms with van der Waals surface area (Å²) < 4.78 is 28.5. The van der Waals surface area contributed by atoms with E-state index in [4.69, 9.17) is 22.9 Å². The van der Waals surface area contributed by atoms with Gasteiger partial charge in [0, 0.05) is 21.0 Å². The molecule has 0 saturated carbocycles. The van der Waals surface area contributed by atoms with Gasteiger partial charge in [0.1, 0.15) is 11.6 Å². The molecule has 23 heavy (non-hydrogen) atoms. The maximum absolute atomic E-state index is 14.3. The fraction of sp³-hybridized carbons (Fsp3) is 0.200. The molecule has 2 atom stereocenters. The summed E-state index contributed by atoms with van der Waals surface area (Å²) in [6.07, 6.45) is 0. The highest BCUT2D eigenvalue weighted by atomic mass is 79.9. The Bertz CT molecular complexity index is 795. The predicted octanol–water partition coefficient (Wildman–Crippen LogP) is 5.61. The summed E-state index contributed by atoms with van der Waals surface area (Å²) in [5, 5.41) is 3.64. The standard InChI is InChI=1S/C15H12BrClF2N4/c1-15(22-23-21,10-4-3-9(16)7-12(10)18)14(20)8-2-5-11(17)13(19)6-8/h2-7,14H,20H2,1H3/t14-,15+/m1/s1. The molecule has 2 rings (SSSR count). The maximum Gasteiger partial charge on any atom is 0.142 e. The molecule has 8 heteroatoms. The van der Waals surface area contributed by atoms with Crippen LogP contribution in [0, 0.1) is 11.6 Å². The number of rotatable bonds is 4. The number of hydrogen-bond acceptors (Lipinski definition) is 2. The molecular formula is C15H12BrClF2N4. The molecule has 120 valence electrons. The van der Waals surface area contributed by atoms with Crippen LogP contribution in [0.25, 0.3) is 10.4 Å². The minimum Gasteiger partial charge on any atom is -0.323 e. The molecule has 2 aromatic carbocycles. The summed E-state index contributed by atoms with van der Waals surface area (Å²) in [5.74, 6) is -1.24. The van der Waals surface area contributed by atoms with Crippen molar-refractivity contribution in [2.75, 3.05) is 0 Å². The van der Waals surface area contributed by atoms with Gasteiger partial charge < -0.3 is 5.73 Å². The number of nitrogens with zero attached hydrogens (tertiary/aromatic N) is 3. The lowest BCUT2D eigenvalue weighted by Gasteiger charge is -2.32. The van der Waals surface area contributed by atoms with Gasteiger partial charge >= 0.3 is 0 Å². The quantitative estimate of drug-likeness (QED) is 0.404. The third kappa shape index (κ3) is 3.48. The van der Waals surface area contributed by atoms with Gasteiger partial charge in [0.25, 0.3) is 0 Å². The van der Waals surface area contributed by atoms with Gasteiger partial charge in [-0.15, -0.1) is 0 Å². The first kappa shape index (κ1) is 17.7. The Hall–Kier alpha value is -1.66. The Kier molecular flexibility index (Phi) is 5.26. The molecule has 0 spiro atoms. The second kappa shape index (κ2) is 6.84. The van der Waals surface area contributed by atoms with Crippen LogP contribution >= 0.6 is 27.5 Å². The van der Waals surface area contributed by atoms with Gasteiger partial charge in [-0.05, 0) is 42.3 Å². The molecule has 0 radical (unpaired) electrons. The van der Waals surface area contributed by atoms with E-state index in [0.29, 0.717) is 10.0 Å². The van der Waals surface area contributed by atoms with Gasteiger partial charge in [0.15, 0.2) is 0 Å². The van der Waals surface area contributed by atoms with E-state index >= 15 is 0 Å². The van der Waals surface area contributed by atoms with E-state index in [9.17, 15) is 8.78 Å². The van der Waals surface area contributed by atoms with E-state index in [1.54, 1.807) is 6.07 Å². The lowest BCUT2D eigenvalue weighted by atomic mass is 9.82. The van der Waals surface area contributed by atoms with Gasteiger partial charge in [-0.25, -0.2) is 8.78 Å². The summed E-state index contributed by atoms with van der Waals surface area (Å²) in [6, 6.07) is 7.36. The van der Waals surface area contributed by atoms with Crippen LogP contribution in [0.4, 0.5) is 8.78 Å². The first-order valence-corrected chi connectivity index (χ1v) is 7.69. The minimum atomic E-state index is -1.44. The van der Waals surface area contributed by atoms with Crippen LogP contribution < -0.4 is 5.73 Å². The lowest BCUT2D eigenvalue weighted by molar-refractivity contribution is 0.377. The normalized spacial score (nSPS) is 14.7. The van der Waals surface area contributed by atoms with Crippen LogP contribution in [-0.2, 0) is 5.54 Å². The molecule has 0 amide bonds. The topological polar surface area (TPSA) is 74.8 Å². The summed E-state index contributed by atoms with van der Waals surface area (Å²) in [4.78, 5) is 2.78. The highest BCUT2D eigenvalue weighted by Crippen LogP contribution is 2.39. The predicted molar refractivity (Wildman–Crippen MR) is 88.9 cm³/mol. The first-order valence-electron chi connectivity index (χ1n) is 6.52. The third-order valence-corrected chi connectivity index (χ3v) is 4.44. The van der Waals surface area contributed by atoms with Crippen molar-refractivity contribution in [3.63, 3.8) is 0 Å². The molecule has 2 aromatic rings. The monoisotopic (exact) mass is 400 g/mol. The zero-order valence-corrected chi connectivity index (χ0v) is 14.3. The van der Waals surface area contributed by atoms with E-state index in [1.165, 1.54) is 31.2 Å². The molecule has 0 saturated heterocycles. The zero-order valence-electron chi connectivity index (χ0n) is 12.0. The fourth-order valence-corrected chi connectivity index (χ4v) is 2.76. The van der Waals surface area contributed by atoms with Crippen LogP contribution in [0.2, 0.25) is 5.02 Å². The Labute approximate surface area is 145 Å². The van der Waals surface area contributed by atoms with Crippen molar-refractivity contribution in [1.82, 2.24) is 0 Å². The van der Waals surface area contributed by atoms with Crippen molar-refractivity contribution >= 4 is 27.5 Å². The molecule has 0 aromatic heterocycles. The molecule has 0 fully saturated rings. The first-order chi connectivity index (χ1) is 10.8. The van der Waals surface area contributed by atoms with Crippen molar-refractivity contribution in [1.29, 1.82) is 0 Å². The molecule has 4 nitrogen and oxygen atoms in total. The van der Waals surface area contributed by atoms with E-state index in [2.05, 4.69) is 26.0 Å². The number of hydrogen-bond donors (Lipinski definition) is 1. The van der Waals surface area contributed by atoms with E-state index in [0.717, 1.165) is 6.07 Å². The van der Waals surface area contributed by atoms with Crippen LogP contribution in [0.1, 0.15) is 24.1 Å². The average Bonchev–Trinajstić information content (AvgIpc) is 2.49. The number of halogens is 4. The van der Waals surface area contributed by atoms with Crippen LogP contribution in [-0.4, -0.2) is 0 Å². The van der Waals surface area contributed by atoms with E-state index < -0.39 is 23.2 Å². The fourth-order valence-electron chi connectivity index (χ4n) is 2.31. The summed E-state index contributed by atoms with van der Waals surface area (Å²) in [5.41, 5.74) is 14.0. The smallest absolute Gasteiger partial charge is 0.142 e. The highest BCUT2D eigenvalue weighted by molar-refractivity contribution is 9.10. The molecule has 0 unspecified atom stereocenters. The van der Waals surface area contributed by atoms with Gasteiger partial charge in [0.05, 0.1) is 10.6 Å². The molecule has 2 N–H and O–H groups in total. The highest BCUT2D eigenvalue weighted by Gasteiger charge is 2.36. The van der Waals surface area contributed by atoms with Crippen molar-refractivity contribution in [2.24, 2.45) is 10.8 Å². The number of azide groups is 1. The van der Waals surface area contributed by atoms with Crippen molar-refractivity contribution in [3.8, 4) is 0 Å². The van der Waals surface area contributed by atoms with E-state index in [-0.39, 0.29) is 10.6 Å². The second-order valence-electron chi connectivity index (χ2n) is 5.11. The van der Waals surface area contributed by atoms with Crippen molar-refractivity contribution in [2.45, 2.75) is 18.5 Å². The van der Waals surface area contributed by atoms with Crippen LogP contribution in [0.5, 0.6) is 0 Å². The Morgan fingerprint density at radius 3 is 2.52 bits per heavy atom. The van der Waals surface area contributed by atoms with Crippen LogP contribution in [0.3, 0.4) is 0 Å². The van der Waals surface area contributed by atoms with E-state index in [1.807, 2.05) is 0 Å². The number of benzene rings is 2. The Balaban J connectivity index is 2.59. The van der Waals surface area contributed by atoms with Crippen LogP contribution in [0.15, 0.2) is 46.0 Å². The molecule has 0 aliphatic heterocycles. The molecule has 0 aliphatic carbocycles. The molecule has 0 heterocycles. The molecule has 0 aliphatic rings. The second-order valence-corrected chi connectivity index (χ2v) is 6.44. The summed E-state index contributed by atoms with van der Waals surface area (Å²) >= 11 is 8.82. The lowest BCUT2D eigenvalue weighted by Crippen LogP contribution is -2.35. The minimum absolute atomic E-state index is 0.0544. The largest absolute Gasteiger partial charge is 0.323 e. The maximum atomic E-state index is 14.3. The van der Waals surface area contributed by atoms with Gasteiger partial charge in [-0.3, -0.25) is 0 Å². The van der Waals surface area contributed by atoms with Gasteiger partial charge in [-0.1, -0.05) is 44.8 Å². The number of nitrogens with two attached hydrogens (primary N) is 1.